The zero-order chi connectivity index (χ0) is 25.2. The molecule has 1 saturated heterocycles. The Labute approximate surface area is 210 Å². The molecule has 0 bridgehead atoms. The molecular weight excluding hydrogens is 457 g/mol. The lowest BCUT2D eigenvalue weighted by Crippen LogP contribution is -2.27. The summed E-state index contributed by atoms with van der Waals surface area (Å²) < 4.78 is 22.2. The number of carbonyl (C=O) groups excluding carboxylic acids is 1. The molecule has 7 heteroatoms. The molecule has 2 heterocycles. The van der Waals surface area contributed by atoms with Crippen molar-refractivity contribution in [3.05, 3.63) is 90.0 Å². The molecule has 0 aliphatic carbocycles. The molecular formula is C29H30FN3O3. The summed E-state index contributed by atoms with van der Waals surface area (Å²) in [6, 6.07) is 21.9. The van der Waals surface area contributed by atoms with Crippen molar-refractivity contribution in [1.82, 2.24) is 9.55 Å². The molecule has 1 aromatic heterocycles. The van der Waals surface area contributed by atoms with Gasteiger partial charge in [-0.2, -0.15) is 0 Å². The molecule has 36 heavy (non-hydrogen) atoms. The Morgan fingerprint density at radius 3 is 2.53 bits per heavy atom. The minimum Gasteiger partial charge on any atom is -0.491 e. The second-order valence-corrected chi connectivity index (χ2v) is 9.61. The van der Waals surface area contributed by atoms with E-state index in [1.54, 1.807) is 18.2 Å². The molecule has 0 saturated carbocycles. The van der Waals surface area contributed by atoms with Crippen LogP contribution in [0.1, 0.15) is 43.5 Å². The number of benzene rings is 3. The molecule has 4 aromatic rings. The number of halogens is 1. The maximum Gasteiger partial charge on any atom is 0.227 e. The number of carbonyl (C=O) groups is 1. The van der Waals surface area contributed by atoms with E-state index in [2.05, 4.69) is 13.8 Å². The van der Waals surface area contributed by atoms with Crippen molar-refractivity contribution in [2.75, 3.05) is 18.1 Å². The van der Waals surface area contributed by atoms with E-state index in [1.807, 2.05) is 53.1 Å². The van der Waals surface area contributed by atoms with Gasteiger partial charge in [-0.05, 0) is 47.9 Å². The van der Waals surface area contributed by atoms with E-state index in [9.17, 15) is 14.3 Å². The average Bonchev–Trinajstić information content (AvgIpc) is 3.44. The van der Waals surface area contributed by atoms with Gasteiger partial charge in [-0.3, -0.25) is 4.79 Å². The third kappa shape index (κ3) is 4.84. The van der Waals surface area contributed by atoms with Gasteiger partial charge in [0.15, 0.2) is 0 Å². The number of hydrogen-bond donors (Lipinski definition) is 1. The van der Waals surface area contributed by atoms with Crippen LogP contribution in [0.3, 0.4) is 0 Å². The Balaban J connectivity index is 1.35. The molecule has 186 valence electrons. The van der Waals surface area contributed by atoms with E-state index in [-0.39, 0.29) is 37.1 Å². The van der Waals surface area contributed by atoms with Crippen molar-refractivity contribution in [2.24, 2.45) is 0 Å². The average molecular weight is 488 g/mol. The van der Waals surface area contributed by atoms with Gasteiger partial charge in [0, 0.05) is 18.9 Å². The molecule has 6 nitrogen and oxygen atoms in total. The highest BCUT2D eigenvalue weighted by Crippen LogP contribution is 2.34. The lowest BCUT2D eigenvalue weighted by molar-refractivity contribution is -0.117. The fourth-order valence-corrected chi connectivity index (χ4v) is 4.79. The second-order valence-electron chi connectivity index (χ2n) is 9.61. The molecule has 1 aliphatic heterocycles. The first kappa shape index (κ1) is 24.0. The molecule has 1 amide bonds. The Morgan fingerprint density at radius 2 is 1.78 bits per heavy atom. The largest absolute Gasteiger partial charge is 0.491 e. The van der Waals surface area contributed by atoms with Crippen molar-refractivity contribution >= 4 is 22.6 Å². The first-order valence-electron chi connectivity index (χ1n) is 12.3. The number of aromatic nitrogens is 2. The van der Waals surface area contributed by atoms with Gasteiger partial charge in [0.1, 0.15) is 30.1 Å². The van der Waals surface area contributed by atoms with E-state index in [0.717, 1.165) is 11.0 Å². The number of rotatable bonds is 8. The fourth-order valence-electron chi connectivity index (χ4n) is 4.79. The third-order valence-corrected chi connectivity index (χ3v) is 6.70. The number of imidazole rings is 1. The number of anilines is 1. The van der Waals surface area contributed by atoms with Gasteiger partial charge < -0.3 is 19.3 Å². The highest BCUT2D eigenvalue weighted by atomic mass is 19.1. The zero-order valence-corrected chi connectivity index (χ0v) is 20.5. The van der Waals surface area contributed by atoms with Gasteiger partial charge in [-0.15, -0.1) is 0 Å². The van der Waals surface area contributed by atoms with Crippen LogP contribution in [0.15, 0.2) is 72.8 Å². The van der Waals surface area contributed by atoms with E-state index < -0.39 is 11.9 Å². The minimum absolute atomic E-state index is 0.123. The summed E-state index contributed by atoms with van der Waals surface area (Å²) in [4.78, 5) is 19.1. The van der Waals surface area contributed by atoms with Crippen LogP contribution in [0.5, 0.6) is 5.75 Å². The van der Waals surface area contributed by atoms with Crippen LogP contribution >= 0.6 is 0 Å². The third-order valence-electron chi connectivity index (χ3n) is 6.70. The van der Waals surface area contributed by atoms with Crippen molar-refractivity contribution in [3.8, 4) is 5.75 Å². The molecule has 5 rings (SSSR count). The number of aliphatic hydroxyl groups is 1. The van der Waals surface area contributed by atoms with Crippen molar-refractivity contribution in [3.63, 3.8) is 0 Å². The maximum absolute atomic E-state index is 14.4. The van der Waals surface area contributed by atoms with Crippen LogP contribution in [-0.2, 0) is 11.3 Å². The van der Waals surface area contributed by atoms with Gasteiger partial charge in [0.05, 0.1) is 23.3 Å². The van der Waals surface area contributed by atoms with Crippen LogP contribution in [-0.4, -0.2) is 39.8 Å². The Bertz CT molecular complexity index is 1370. The summed E-state index contributed by atoms with van der Waals surface area (Å²) in [7, 11) is 0. The lowest BCUT2D eigenvalue weighted by Gasteiger charge is -2.19. The number of nitrogens with zero attached hydrogens (tertiary/aromatic N) is 3. The molecule has 0 spiro atoms. The van der Waals surface area contributed by atoms with Crippen LogP contribution in [0.2, 0.25) is 0 Å². The number of fused-ring (bicyclic) bond motifs is 1. The van der Waals surface area contributed by atoms with E-state index >= 15 is 0 Å². The molecule has 3 aromatic carbocycles. The number of ether oxygens (including phenoxy) is 1. The van der Waals surface area contributed by atoms with Crippen molar-refractivity contribution < 1.29 is 19.0 Å². The van der Waals surface area contributed by atoms with E-state index in [4.69, 9.17) is 9.72 Å². The lowest BCUT2D eigenvalue weighted by atomic mass is 10.0. The fraction of sp³-hybridized carbons (Fsp3) is 0.310. The van der Waals surface area contributed by atoms with Crippen LogP contribution < -0.4 is 9.64 Å². The van der Waals surface area contributed by atoms with Gasteiger partial charge in [0.25, 0.3) is 0 Å². The molecule has 1 N–H and O–H groups in total. The zero-order valence-electron chi connectivity index (χ0n) is 20.5. The normalized spacial score (nSPS) is 16.8. The van der Waals surface area contributed by atoms with Crippen LogP contribution in [0.25, 0.3) is 11.0 Å². The number of para-hydroxylation sites is 3. The Hall–Kier alpha value is -3.71. The minimum atomic E-state index is -0.786. The predicted octanol–water partition coefficient (Wildman–Crippen LogP) is 5.26. The second kappa shape index (κ2) is 10.1. The number of amides is 1. The van der Waals surface area contributed by atoms with Gasteiger partial charge in [0.2, 0.25) is 5.91 Å². The van der Waals surface area contributed by atoms with Crippen molar-refractivity contribution in [2.45, 2.75) is 44.8 Å². The first-order chi connectivity index (χ1) is 17.4. The summed E-state index contributed by atoms with van der Waals surface area (Å²) in [6.07, 6.45) is -0.558. The van der Waals surface area contributed by atoms with Crippen molar-refractivity contribution in [1.29, 1.82) is 0 Å². The van der Waals surface area contributed by atoms with E-state index in [1.165, 1.54) is 16.5 Å². The molecule has 2 unspecified atom stereocenters. The summed E-state index contributed by atoms with van der Waals surface area (Å²) in [5.74, 6) is 1.07. The molecule has 2 atom stereocenters. The monoisotopic (exact) mass is 487 g/mol. The highest BCUT2D eigenvalue weighted by molar-refractivity contribution is 5.96. The smallest absolute Gasteiger partial charge is 0.227 e. The Kier molecular flexibility index (Phi) is 6.74. The van der Waals surface area contributed by atoms with E-state index in [0.29, 0.717) is 24.0 Å². The predicted molar refractivity (Wildman–Crippen MR) is 138 cm³/mol. The first-order valence-corrected chi connectivity index (χ1v) is 12.3. The SMILES string of the molecule is CC(C)c1ccc(OCC(O)Cn2c(C3CC(=O)N(c4ccccc4F)C3)nc3ccccc32)cc1. The summed E-state index contributed by atoms with van der Waals surface area (Å²) in [6.45, 7) is 5.00. The van der Waals surface area contributed by atoms with Gasteiger partial charge >= 0.3 is 0 Å². The molecule has 0 radical (unpaired) electrons. The van der Waals surface area contributed by atoms with Gasteiger partial charge in [-0.1, -0.05) is 50.2 Å². The van der Waals surface area contributed by atoms with Crippen LogP contribution in [0, 0.1) is 5.82 Å². The number of hydrogen-bond acceptors (Lipinski definition) is 4. The molecule has 1 fully saturated rings. The summed E-state index contributed by atoms with van der Waals surface area (Å²) in [5, 5.41) is 10.9. The Morgan fingerprint density at radius 1 is 1.06 bits per heavy atom. The molecule has 1 aliphatic rings. The topological polar surface area (TPSA) is 67.6 Å². The summed E-state index contributed by atoms with van der Waals surface area (Å²) >= 11 is 0. The quantitative estimate of drug-likeness (QED) is 0.368. The number of aliphatic hydroxyl groups excluding tert-OH is 1. The maximum atomic E-state index is 14.4. The standard InChI is InChI=1S/C29H30FN3O3/c1-19(2)20-11-13-23(14-12-20)36-18-22(34)17-33-27-10-6-4-8-25(27)31-29(33)21-15-28(35)32(16-21)26-9-5-3-7-24(26)30/h3-14,19,21-22,34H,15-18H2,1-2H3. The van der Waals surface area contributed by atoms with Crippen LogP contribution in [0.4, 0.5) is 10.1 Å². The van der Waals surface area contributed by atoms with Gasteiger partial charge in [-0.25, -0.2) is 9.37 Å². The highest BCUT2D eigenvalue weighted by Gasteiger charge is 2.36. The summed E-state index contributed by atoms with van der Waals surface area (Å²) in [5.41, 5.74) is 3.18.